The van der Waals surface area contributed by atoms with E-state index >= 15 is 0 Å². The zero-order valence-corrected chi connectivity index (χ0v) is 14.5. The van der Waals surface area contributed by atoms with Gasteiger partial charge in [0, 0.05) is 23.5 Å². The van der Waals surface area contributed by atoms with Gasteiger partial charge in [-0.2, -0.15) is 0 Å². The van der Waals surface area contributed by atoms with Gasteiger partial charge in [0.15, 0.2) is 11.0 Å². The van der Waals surface area contributed by atoms with Crippen molar-refractivity contribution in [3.05, 3.63) is 71.3 Å². The molecular formula is C20H20N2OS. The van der Waals surface area contributed by atoms with Crippen LogP contribution in [0, 0.1) is 6.92 Å². The molecule has 1 aliphatic rings. The molecule has 0 atom stereocenters. The normalized spacial score (nSPS) is 14.5. The third kappa shape index (κ3) is 4.36. The van der Waals surface area contributed by atoms with Crippen molar-refractivity contribution in [3.8, 4) is 0 Å². The number of hydrogen-bond donors (Lipinski definition) is 1. The van der Waals surface area contributed by atoms with Gasteiger partial charge in [0.2, 0.25) is 0 Å². The molecule has 122 valence electrons. The number of allylic oxidation sites excluding steroid dienone is 1. The third-order valence-corrected chi connectivity index (χ3v) is 4.82. The summed E-state index contributed by atoms with van der Waals surface area (Å²) in [5.41, 5.74) is 3.87. The van der Waals surface area contributed by atoms with Gasteiger partial charge in [-0.25, -0.2) is 0 Å². The fourth-order valence-electron chi connectivity index (χ4n) is 2.41. The number of nitrogens with zero attached hydrogens (tertiary/aromatic N) is 1. The lowest BCUT2D eigenvalue weighted by molar-refractivity contribution is 0.104. The van der Waals surface area contributed by atoms with Crippen molar-refractivity contribution in [2.75, 3.05) is 17.6 Å². The number of aliphatic imine (C=N–C) groups is 1. The predicted molar refractivity (Wildman–Crippen MR) is 104 cm³/mol. The molecule has 2 aromatic carbocycles. The van der Waals surface area contributed by atoms with Gasteiger partial charge in [-0.3, -0.25) is 9.79 Å². The quantitative estimate of drug-likeness (QED) is 0.644. The molecule has 1 heterocycles. The first kappa shape index (κ1) is 16.5. The summed E-state index contributed by atoms with van der Waals surface area (Å²) in [6.45, 7) is 2.92. The molecule has 0 saturated carbocycles. The van der Waals surface area contributed by atoms with Crippen LogP contribution in [0.2, 0.25) is 0 Å². The molecule has 0 aliphatic carbocycles. The lowest BCUT2D eigenvalue weighted by Gasteiger charge is -2.13. The van der Waals surface area contributed by atoms with Crippen LogP contribution in [0.1, 0.15) is 27.9 Å². The molecule has 24 heavy (non-hydrogen) atoms. The molecule has 0 radical (unpaired) electrons. The molecule has 0 spiro atoms. The van der Waals surface area contributed by atoms with Gasteiger partial charge in [0.05, 0.1) is 0 Å². The Hall–Kier alpha value is -2.33. The fourth-order valence-corrected chi connectivity index (χ4v) is 3.25. The second-order valence-corrected chi connectivity index (χ2v) is 6.73. The molecule has 0 aromatic heterocycles. The van der Waals surface area contributed by atoms with Crippen molar-refractivity contribution in [1.29, 1.82) is 0 Å². The first-order valence-electron chi connectivity index (χ1n) is 8.05. The number of nitrogens with one attached hydrogen (secondary N) is 1. The van der Waals surface area contributed by atoms with Crippen molar-refractivity contribution >= 4 is 34.5 Å². The standard InChI is InChI=1S/C20H20N2OS/c1-15-5-2-3-6-16(15)9-12-19(23)17-7-10-18(11-8-17)22-20-21-13-4-14-24-20/h2-3,5-12H,4,13-14H2,1H3,(H,21,22)/b12-9+. The molecule has 3 nitrogen and oxygen atoms in total. The summed E-state index contributed by atoms with van der Waals surface area (Å²) in [7, 11) is 0. The molecule has 0 fully saturated rings. The maximum Gasteiger partial charge on any atom is 0.185 e. The van der Waals surface area contributed by atoms with Gasteiger partial charge in [0.25, 0.3) is 0 Å². The Kier molecular flexibility index (Phi) is 5.49. The van der Waals surface area contributed by atoms with E-state index in [0.29, 0.717) is 5.56 Å². The van der Waals surface area contributed by atoms with Crippen LogP contribution in [0.15, 0.2) is 59.6 Å². The van der Waals surface area contributed by atoms with E-state index in [2.05, 4.69) is 10.3 Å². The lowest BCUT2D eigenvalue weighted by atomic mass is 10.1. The van der Waals surface area contributed by atoms with Gasteiger partial charge < -0.3 is 5.32 Å². The largest absolute Gasteiger partial charge is 0.335 e. The van der Waals surface area contributed by atoms with Crippen LogP contribution < -0.4 is 5.32 Å². The second-order valence-electron chi connectivity index (χ2n) is 5.65. The van der Waals surface area contributed by atoms with Gasteiger partial charge in [-0.05, 0) is 54.8 Å². The van der Waals surface area contributed by atoms with Gasteiger partial charge in [-0.1, -0.05) is 42.1 Å². The van der Waals surface area contributed by atoms with Crippen molar-refractivity contribution in [2.45, 2.75) is 13.3 Å². The van der Waals surface area contributed by atoms with E-state index in [0.717, 1.165) is 40.7 Å². The summed E-state index contributed by atoms with van der Waals surface area (Å²) in [5.74, 6) is 1.11. The van der Waals surface area contributed by atoms with Gasteiger partial charge in [0.1, 0.15) is 0 Å². The number of benzene rings is 2. The number of amidine groups is 1. The van der Waals surface area contributed by atoms with Crippen LogP contribution in [-0.2, 0) is 0 Å². The summed E-state index contributed by atoms with van der Waals surface area (Å²) < 4.78 is 0. The molecule has 4 heteroatoms. The number of carbonyl (C=O) groups excluding carboxylic acids is 1. The van der Waals surface area contributed by atoms with E-state index in [1.165, 1.54) is 0 Å². The Bertz CT molecular complexity index is 778. The highest BCUT2D eigenvalue weighted by Crippen LogP contribution is 2.17. The first-order chi connectivity index (χ1) is 11.7. The van der Waals surface area contributed by atoms with Crippen LogP contribution in [0.5, 0.6) is 0 Å². The average molecular weight is 336 g/mol. The Morgan fingerprint density at radius 2 is 1.96 bits per heavy atom. The Morgan fingerprint density at radius 1 is 1.17 bits per heavy atom. The number of rotatable bonds is 4. The van der Waals surface area contributed by atoms with Crippen molar-refractivity contribution in [1.82, 2.24) is 0 Å². The van der Waals surface area contributed by atoms with Crippen LogP contribution in [0.4, 0.5) is 5.69 Å². The summed E-state index contributed by atoms with van der Waals surface area (Å²) in [6.07, 6.45) is 4.64. The van der Waals surface area contributed by atoms with E-state index in [1.807, 2.05) is 61.5 Å². The van der Waals surface area contributed by atoms with Crippen LogP contribution >= 0.6 is 11.8 Å². The molecular weight excluding hydrogens is 316 g/mol. The summed E-state index contributed by atoms with van der Waals surface area (Å²) in [6, 6.07) is 15.6. The highest BCUT2D eigenvalue weighted by molar-refractivity contribution is 8.14. The molecule has 2 aromatic rings. The number of ketones is 1. The Balaban J connectivity index is 1.65. The Morgan fingerprint density at radius 3 is 2.67 bits per heavy atom. The fraction of sp³-hybridized carbons (Fsp3) is 0.200. The number of carbonyl (C=O) groups is 1. The molecule has 0 saturated heterocycles. The van der Waals surface area contributed by atoms with E-state index in [9.17, 15) is 4.79 Å². The zero-order valence-electron chi connectivity index (χ0n) is 13.7. The first-order valence-corrected chi connectivity index (χ1v) is 9.03. The van der Waals surface area contributed by atoms with E-state index in [1.54, 1.807) is 17.8 Å². The van der Waals surface area contributed by atoms with Crippen LogP contribution in [0.25, 0.3) is 6.08 Å². The molecule has 1 N–H and O–H groups in total. The molecule has 0 amide bonds. The highest BCUT2D eigenvalue weighted by atomic mass is 32.2. The van der Waals surface area contributed by atoms with Gasteiger partial charge in [-0.15, -0.1) is 0 Å². The van der Waals surface area contributed by atoms with Crippen LogP contribution in [0.3, 0.4) is 0 Å². The topological polar surface area (TPSA) is 41.5 Å². The lowest BCUT2D eigenvalue weighted by Crippen LogP contribution is -2.13. The van der Waals surface area contributed by atoms with Crippen LogP contribution in [-0.4, -0.2) is 23.2 Å². The average Bonchev–Trinajstić information content (AvgIpc) is 2.62. The summed E-state index contributed by atoms with van der Waals surface area (Å²) in [4.78, 5) is 16.7. The molecule has 3 rings (SSSR count). The van der Waals surface area contributed by atoms with E-state index in [-0.39, 0.29) is 5.78 Å². The van der Waals surface area contributed by atoms with Crippen molar-refractivity contribution in [3.63, 3.8) is 0 Å². The Labute approximate surface area is 146 Å². The molecule has 1 aliphatic heterocycles. The minimum Gasteiger partial charge on any atom is -0.335 e. The van der Waals surface area contributed by atoms with Gasteiger partial charge >= 0.3 is 0 Å². The molecule has 0 unspecified atom stereocenters. The van der Waals surface area contributed by atoms with E-state index < -0.39 is 0 Å². The number of thioether (sulfide) groups is 1. The predicted octanol–water partition coefficient (Wildman–Crippen LogP) is 4.80. The minimum atomic E-state index is 0.00850. The monoisotopic (exact) mass is 336 g/mol. The zero-order chi connectivity index (χ0) is 16.8. The third-order valence-electron chi connectivity index (χ3n) is 3.82. The summed E-state index contributed by atoms with van der Waals surface area (Å²) >= 11 is 1.74. The smallest absolute Gasteiger partial charge is 0.185 e. The van der Waals surface area contributed by atoms with Crippen molar-refractivity contribution in [2.24, 2.45) is 4.99 Å². The highest BCUT2D eigenvalue weighted by Gasteiger charge is 2.07. The second kappa shape index (κ2) is 7.97. The minimum absolute atomic E-state index is 0.00850. The maximum absolute atomic E-state index is 12.3. The number of anilines is 1. The number of hydrogen-bond acceptors (Lipinski definition) is 4. The maximum atomic E-state index is 12.3. The summed E-state index contributed by atoms with van der Waals surface area (Å²) in [5, 5.41) is 4.25. The SMILES string of the molecule is Cc1ccccc1/C=C/C(=O)c1ccc(NC2=NCCCS2)cc1. The van der Waals surface area contributed by atoms with Crippen molar-refractivity contribution < 1.29 is 4.79 Å². The molecule has 0 bridgehead atoms. The number of aryl methyl sites for hydroxylation is 1. The van der Waals surface area contributed by atoms with E-state index in [4.69, 9.17) is 0 Å².